The second-order valence-corrected chi connectivity index (χ2v) is 5.93. The number of amides is 1. The monoisotopic (exact) mass is 339 g/mol. The fourth-order valence-corrected chi connectivity index (χ4v) is 3.03. The van der Waals surface area contributed by atoms with Crippen molar-refractivity contribution in [1.82, 2.24) is 9.55 Å². The van der Waals surface area contributed by atoms with Gasteiger partial charge in [-0.1, -0.05) is 12.1 Å². The van der Waals surface area contributed by atoms with E-state index in [0.717, 1.165) is 0 Å². The number of hydrogen-bond acceptors (Lipinski definition) is 4. The van der Waals surface area contributed by atoms with Crippen LogP contribution in [0.3, 0.4) is 0 Å². The summed E-state index contributed by atoms with van der Waals surface area (Å²) in [5.74, 6) is 0.338. The van der Waals surface area contributed by atoms with Crippen molar-refractivity contribution in [2.24, 2.45) is 0 Å². The molecule has 1 amide bonds. The van der Waals surface area contributed by atoms with Crippen LogP contribution in [0.5, 0.6) is 5.75 Å². The van der Waals surface area contributed by atoms with Gasteiger partial charge < -0.3 is 15.0 Å². The van der Waals surface area contributed by atoms with Gasteiger partial charge in [-0.05, 0) is 49.5 Å². The molecule has 1 unspecified atom stereocenters. The number of benzene rings is 2. The average Bonchev–Trinajstić information content (AvgIpc) is 2.56. The fourth-order valence-electron chi connectivity index (χ4n) is 2.73. The van der Waals surface area contributed by atoms with Crippen LogP contribution < -0.4 is 15.6 Å². The lowest BCUT2D eigenvalue weighted by molar-refractivity contribution is -0.122. The molecule has 0 radical (unpaired) electrons. The Labute approximate surface area is 141 Å². The van der Waals surface area contributed by atoms with E-state index in [9.17, 15) is 9.59 Å². The molecule has 120 valence electrons. The normalized spacial score (nSPS) is 16.4. The van der Waals surface area contributed by atoms with E-state index in [-0.39, 0.29) is 16.2 Å². The maximum Gasteiger partial charge on any atom is 0.266 e. The van der Waals surface area contributed by atoms with Gasteiger partial charge in [0.05, 0.1) is 22.3 Å². The predicted octanol–water partition coefficient (Wildman–Crippen LogP) is 2.77. The van der Waals surface area contributed by atoms with E-state index in [1.807, 2.05) is 6.07 Å². The highest BCUT2D eigenvalue weighted by Gasteiger charge is 2.24. The number of H-pyrrole nitrogens is 1. The molecule has 1 aromatic heterocycles. The lowest BCUT2D eigenvalue weighted by atomic mass is 10.2. The SMILES string of the molecule is CC1Oc2ccc(-n3c(=S)[nH]c4ccccc4c3=O)cc2NC1=O. The molecule has 1 aliphatic heterocycles. The minimum Gasteiger partial charge on any atom is -0.479 e. The molecular formula is C17H13N3O3S. The molecule has 1 atom stereocenters. The number of ether oxygens (including phenoxy) is 1. The average molecular weight is 339 g/mol. The van der Waals surface area contributed by atoms with E-state index >= 15 is 0 Å². The topological polar surface area (TPSA) is 76.1 Å². The number of nitrogens with one attached hydrogen (secondary N) is 2. The van der Waals surface area contributed by atoms with Gasteiger partial charge in [-0.2, -0.15) is 0 Å². The first kappa shape index (κ1) is 14.6. The van der Waals surface area contributed by atoms with Gasteiger partial charge >= 0.3 is 0 Å². The van der Waals surface area contributed by atoms with Gasteiger partial charge in [0.1, 0.15) is 5.75 Å². The summed E-state index contributed by atoms with van der Waals surface area (Å²) >= 11 is 5.33. The van der Waals surface area contributed by atoms with E-state index in [1.165, 1.54) is 4.57 Å². The number of carbonyl (C=O) groups is 1. The second-order valence-electron chi connectivity index (χ2n) is 5.55. The zero-order valence-electron chi connectivity index (χ0n) is 12.7. The van der Waals surface area contributed by atoms with E-state index in [4.69, 9.17) is 17.0 Å². The third-order valence-electron chi connectivity index (χ3n) is 3.96. The first-order valence-electron chi connectivity index (χ1n) is 7.40. The highest BCUT2D eigenvalue weighted by molar-refractivity contribution is 7.71. The molecule has 0 aliphatic carbocycles. The van der Waals surface area contributed by atoms with Crippen molar-refractivity contribution in [3.05, 3.63) is 57.6 Å². The second kappa shape index (κ2) is 5.31. The standard InChI is InChI=1S/C17H13N3O3S/c1-9-15(21)18-13-8-10(6-7-14(13)23-9)20-16(22)11-4-2-3-5-12(11)19-17(20)24/h2-9H,1H3,(H,18,21)(H,19,24). The van der Waals surface area contributed by atoms with Crippen LogP contribution in [0.2, 0.25) is 0 Å². The molecule has 3 aromatic rings. The minimum absolute atomic E-state index is 0.217. The molecule has 2 N–H and O–H groups in total. The number of hydrogen-bond donors (Lipinski definition) is 2. The molecule has 7 heteroatoms. The molecule has 0 saturated carbocycles. The number of nitrogens with zero attached hydrogens (tertiary/aromatic N) is 1. The van der Waals surface area contributed by atoms with E-state index < -0.39 is 6.10 Å². The summed E-state index contributed by atoms with van der Waals surface area (Å²) in [5, 5.41) is 3.31. The van der Waals surface area contributed by atoms with Crippen LogP contribution in [0.15, 0.2) is 47.3 Å². The summed E-state index contributed by atoms with van der Waals surface area (Å²) in [6, 6.07) is 12.3. The number of para-hydroxylation sites is 1. The largest absolute Gasteiger partial charge is 0.479 e. The van der Waals surface area contributed by atoms with Gasteiger partial charge in [0.2, 0.25) is 0 Å². The van der Waals surface area contributed by atoms with Gasteiger partial charge in [0, 0.05) is 0 Å². The third-order valence-corrected chi connectivity index (χ3v) is 4.24. The van der Waals surface area contributed by atoms with Gasteiger partial charge in [0.25, 0.3) is 11.5 Å². The summed E-state index contributed by atoms with van der Waals surface area (Å²) < 4.78 is 7.22. The maximum atomic E-state index is 12.8. The Hall–Kier alpha value is -2.93. The molecule has 6 nitrogen and oxygen atoms in total. The Morgan fingerprint density at radius 2 is 1.96 bits per heavy atom. The van der Waals surface area contributed by atoms with Crippen molar-refractivity contribution in [3.63, 3.8) is 0 Å². The van der Waals surface area contributed by atoms with Gasteiger partial charge in [0.15, 0.2) is 10.9 Å². The van der Waals surface area contributed by atoms with Gasteiger partial charge in [-0.3, -0.25) is 14.2 Å². The summed E-state index contributed by atoms with van der Waals surface area (Å²) in [4.78, 5) is 27.6. The lowest BCUT2D eigenvalue weighted by Crippen LogP contribution is -2.34. The summed E-state index contributed by atoms with van der Waals surface area (Å²) in [6.45, 7) is 1.68. The van der Waals surface area contributed by atoms with E-state index in [2.05, 4.69) is 10.3 Å². The molecule has 0 fully saturated rings. The van der Waals surface area contributed by atoms with E-state index in [1.54, 1.807) is 43.3 Å². The minimum atomic E-state index is -0.547. The van der Waals surface area contributed by atoms with Crippen LogP contribution in [0.25, 0.3) is 16.6 Å². The van der Waals surface area contributed by atoms with Crippen molar-refractivity contribution < 1.29 is 9.53 Å². The smallest absolute Gasteiger partial charge is 0.266 e. The Morgan fingerprint density at radius 1 is 1.17 bits per heavy atom. The third kappa shape index (κ3) is 2.21. The van der Waals surface area contributed by atoms with Gasteiger partial charge in [-0.15, -0.1) is 0 Å². The molecular weight excluding hydrogens is 326 g/mol. The molecule has 0 saturated heterocycles. The number of rotatable bonds is 1. The first-order chi connectivity index (χ1) is 11.5. The van der Waals surface area contributed by atoms with Crippen LogP contribution in [-0.4, -0.2) is 21.6 Å². The number of anilines is 1. The van der Waals surface area contributed by atoms with Crippen molar-refractivity contribution in [3.8, 4) is 11.4 Å². The predicted molar refractivity (Wildman–Crippen MR) is 93.4 cm³/mol. The Balaban J connectivity index is 1.93. The van der Waals surface area contributed by atoms with Crippen LogP contribution in [0.1, 0.15) is 6.92 Å². The Morgan fingerprint density at radius 3 is 2.79 bits per heavy atom. The van der Waals surface area contributed by atoms with Crippen molar-refractivity contribution in [2.45, 2.75) is 13.0 Å². The molecule has 2 aromatic carbocycles. The summed E-state index contributed by atoms with van der Waals surface area (Å²) in [6.07, 6.45) is -0.547. The van der Waals surface area contributed by atoms with Crippen LogP contribution in [-0.2, 0) is 4.79 Å². The number of fused-ring (bicyclic) bond motifs is 2. The quantitative estimate of drug-likeness (QED) is 0.669. The molecule has 2 heterocycles. The van der Waals surface area contributed by atoms with Crippen molar-refractivity contribution >= 4 is 34.7 Å². The summed E-state index contributed by atoms with van der Waals surface area (Å²) in [7, 11) is 0. The number of aromatic amines is 1. The highest BCUT2D eigenvalue weighted by atomic mass is 32.1. The number of carbonyl (C=O) groups excluding carboxylic acids is 1. The zero-order chi connectivity index (χ0) is 16.8. The van der Waals surface area contributed by atoms with Gasteiger partial charge in [-0.25, -0.2) is 0 Å². The van der Waals surface area contributed by atoms with Crippen molar-refractivity contribution in [1.29, 1.82) is 0 Å². The Bertz CT molecular complexity index is 1100. The Kier molecular flexibility index (Phi) is 3.24. The van der Waals surface area contributed by atoms with Crippen LogP contribution >= 0.6 is 12.2 Å². The molecule has 1 aliphatic rings. The van der Waals surface area contributed by atoms with E-state index in [0.29, 0.717) is 28.0 Å². The summed E-state index contributed by atoms with van der Waals surface area (Å²) in [5.41, 5.74) is 1.55. The zero-order valence-corrected chi connectivity index (χ0v) is 13.5. The maximum absolute atomic E-state index is 12.8. The lowest BCUT2D eigenvalue weighted by Gasteiger charge is -2.23. The molecule has 4 rings (SSSR count). The van der Waals surface area contributed by atoms with Crippen LogP contribution in [0.4, 0.5) is 5.69 Å². The van der Waals surface area contributed by atoms with Crippen molar-refractivity contribution in [2.75, 3.05) is 5.32 Å². The molecule has 0 spiro atoms. The highest BCUT2D eigenvalue weighted by Crippen LogP contribution is 2.31. The molecule has 24 heavy (non-hydrogen) atoms. The number of aromatic nitrogens is 2. The fraction of sp³-hybridized carbons (Fsp3) is 0.118. The van der Waals surface area contributed by atoms with Crippen LogP contribution in [0, 0.1) is 4.77 Å². The molecule has 0 bridgehead atoms. The first-order valence-corrected chi connectivity index (χ1v) is 7.81.